The molecule has 4 nitrogen and oxygen atoms in total. The first-order chi connectivity index (χ1) is 11.1. The lowest BCUT2D eigenvalue weighted by atomic mass is 9.97. The standard InChI is InChI=1S/C18H31N3OS/c1-5-14(4)23-17-15-10-8-9-11-16(15)21(18(22)19-17)13-12-20(6-2)7-3/h14H,5-13H2,1-4H3. The van der Waals surface area contributed by atoms with Crippen LogP contribution in [0.4, 0.5) is 0 Å². The van der Waals surface area contributed by atoms with E-state index in [0.29, 0.717) is 5.25 Å². The monoisotopic (exact) mass is 337 g/mol. The third-order valence-electron chi connectivity index (χ3n) is 4.87. The Bertz CT molecular complexity index is 566. The van der Waals surface area contributed by atoms with Gasteiger partial charge >= 0.3 is 5.69 Å². The Hall–Kier alpha value is -0.810. The van der Waals surface area contributed by atoms with Gasteiger partial charge in [-0.2, -0.15) is 4.98 Å². The van der Waals surface area contributed by atoms with Crippen LogP contribution in [0.1, 0.15) is 58.2 Å². The number of rotatable bonds is 8. The first-order valence-electron chi connectivity index (χ1n) is 9.12. The highest BCUT2D eigenvalue weighted by atomic mass is 32.2. The van der Waals surface area contributed by atoms with Crippen molar-refractivity contribution in [2.45, 2.75) is 76.6 Å². The summed E-state index contributed by atoms with van der Waals surface area (Å²) in [5.74, 6) is 0. The second-order valence-corrected chi connectivity index (χ2v) is 7.77. The third kappa shape index (κ3) is 4.60. The molecule has 5 heteroatoms. The Balaban J connectivity index is 2.31. The molecule has 0 radical (unpaired) electrons. The Morgan fingerprint density at radius 1 is 1.22 bits per heavy atom. The molecule has 0 saturated heterocycles. The van der Waals surface area contributed by atoms with Gasteiger partial charge in [-0.05, 0) is 45.2 Å². The lowest BCUT2D eigenvalue weighted by Crippen LogP contribution is -2.35. The van der Waals surface area contributed by atoms with Crippen molar-refractivity contribution in [2.24, 2.45) is 0 Å². The van der Waals surface area contributed by atoms with Gasteiger partial charge in [-0.15, -0.1) is 11.8 Å². The van der Waals surface area contributed by atoms with E-state index < -0.39 is 0 Å². The van der Waals surface area contributed by atoms with Gasteiger partial charge in [-0.1, -0.05) is 27.7 Å². The van der Waals surface area contributed by atoms with Crippen LogP contribution in [0.3, 0.4) is 0 Å². The van der Waals surface area contributed by atoms with Crippen LogP contribution in [0.25, 0.3) is 0 Å². The molecule has 1 aliphatic rings. The van der Waals surface area contributed by atoms with Crippen LogP contribution in [0, 0.1) is 0 Å². The minimum atomic E-state index is -0.0522. The summed E-state index contributed by atoms with van der Waals surface area (Å²) in [5.41, 5.74) is 2.55. The maximum atomic E-state index is 12.6. The number of nitrogens with zero attached hydrogens (tertiary/aromatic N) is 3. The zero-order valence-electron chi connectivity index (χ0n) is 15.1. The average Bonchev–Trinajstić information content (AvgIpc) is 2.57. The summed E-state index contributed by atoms with van der Waals surface area (Å²) in [5, 5.41) is 1.51. The topological polar surface area (TPSA) is 38.1 Å². The fourth-order valence-electron chi connectivity index (χ4n) is 3.13. The molecule has 0 aromatic carbocycles. The number of fused-ring (bicyclic) bond motifs is 1. The van der Waals surface area contributed by atoms with Crippen LogP contribution in [0.5, 0.6) is 0 Å². The number of likely N-dealkylation sites (N-methyl/N-ethyl adjacent to an activating group) is 1. The number of hydrogen-bond acceptors (Lipinski definition) is 4. The number of aromatic nitrogens is 2. The summed E-state index contributed by atoms with van der Waals surface area (Å²) in [7, 11) is 0. The van der Waals surface area contributed by atoms with E-state index >= 15 is 0 Å². The Kier molecular flexibility index (Phi) is 7.15. The molecule has 0 N–H and O–H groups in total. The minimum Gasteiger partial charge on any atom is -0.302 e. The Morgan fingerprint density at radius 2 is 1.91 bits per heavy atom. The third-order valence-corrected chi connectivity index (χ3v) is 6.17. The maximum Gasteiger partial charge on any atom is 0.348 e. The SMILES string of the molecule is CCC(C)Sc1nc(=O)n(CCN(CC)CC)c2c1CCCC2. The van der Waals surface area contributed by atoms with E-state index in [1.807, 2.05) is 4.57 Å². The summed E-state index contributed by atoms with van der Waals surface area (Å²) in [6.45, 7) is 12.5. The molecule has 1 aromatic rings. The fraction of sp³-hybridized carbons (Fsp3) is 0.778. The molecule has 1 unspecified atom stereocenters. The van der Waals surface area contributed by atoms with Crippen molar-refractivity contribution in [3.05, 3.63) is 21.7 Å². The lowest BCUT2D eigenvalue weighted by molar-refractivity contribution is 0.285. The van der Waals surface area contributed by atoms with Crippen molar-refractivity contribution in [3.8, 4) is 0 Å². The second-order valence-electron chi connectivity index (χ2n) is 6.35. The van der Waals surface area contributed by atoms with Crippen molar-refractivity contribution in [3.63, 3.8) is 0 Å². The molecule has 0 fully saturated rings. The van der Waals surface area contributed by atoms with Crippen LogP contribution in [0.2, 0.25) is 0 Å². The molecule has 2 rings (SSSR count). The first-order valence-corrected chi connectivity index (χ1v) is 10.00. The van der Waals surface area contributed by atoms with Crippen LogP contribution >= 0.6 is 11.8 Å². The largest absolute Gasteiger partial charge is 0.348 e. The zero-order chi connectivity index (χ0) is 16.8. The highest BCUT2D eigenvalue weighted by molar-refractivity contribution is 7.99. The normalized spacial score (nSPS) is 15.7. The molecule has 0 bridgehead atoms. The summed E-state index contributed by atoms with van der Waals surface area (Å²) in [6, 6.07) is 0. The molecule has 130 valence electrons. The molecule has 0 aliphatic heterocycles. The molecule has 0 saturated carbocycles. The average molecular weight is 338 g/mol. The smallest absolute Gasteiger partial charge is 0.302 e. The molecule has 1 aliphatic carbocycles. The van der Waals surface area contributed by atoms with E-state index in [9.17, 15) is 4.79 Å². The summed E-state index contributed by atoms with van der Waals surface area (Å²) < 4.78 is 1.95. The van der Waals surface area contributed by atoms with Crippen LogP contribution in [-0.2, 0) is 19.4 Å². The van der Waals surface area contributed by atoms with Crippen molar-refractivity contribution in [1.29, 1.82) is 0 Å². The van der Waals surface area contributed by atoms with Crippen molar-refractivity contribution >= 4 is 11.8 Å². The molecule has 0 spiro atoms. The van der Waals surface area contributed by atoms with Crippen molar-refractivity contribution in [1.82, 2.24) is 14.5 Å². The van der Waals surface area contributed by atoms with Gasteiger partial charge in [0.15, 0.2) is 0 Å². The van der Waals surface area contributed by atoms with Gasteiger partial charge in [0.1, 0.15) is 5.03 Å². The van der Waals surface area contributed by atoms with Crippen LogP contribution in [0.15, 0.2) is 9.82 Å². The zero-order valence-corrected chi connectivity index (χ0v) is 15.9. The molecular weight excluding hydrogens is 306 g/mol. The van der Waals surface area contributed by atoms with Gasteiger partial charge < -0.3 is 4.90 Å². The number of hydrogen-bond donors (Lipinski definition) is 0. The molecule has 23 heavy (non-hydrogen) atoms. The Morgan fingerprint density at radius 3 is 2.57 bits per heavy atom. The summed E-state index contributed by atoms with van der Waals surface area (Å²) in [6.07, 6.45) is 5.62. The van der Waals surface area contributed by atoms with Gasteiger partial charge in [-0.25, -0.2) is 4.79 Å². The number of thioether (sulfide) groups is 1. The molecule has 1 atom stereocenters. The summed E-state index contributed by atoms with van der Waals surface area (Å²) >= 11 is 1.78. The maximum absolute atomic E-state index is 12.6. The quantitative estimate of drug-likeness (QED) is 0.538. The summed E-state index contributed by atoms with van der Waals surface area (Å²) in [4.78, 5) is 19.4. The van der Waals surface area contributed by atoms with E-state index in [2.05, 4.69) is 37.6 Å². The molecule has 1 aromatic heterocycles. The van der Waals surface area contributed by atoms with E-state index in [4.69, 9.17) is 0 Å². The molecule has 1 heterocycles. The van der Waals surface area contributed by atoms with Gasteiger partial charge in [0.25, 0.3) is 0 Å². The molecule has 0 amide bonds. The van der Waals surface area contributed by atoms with Crippen LogP contribution < -0.4 is 5.69 Å². The highest BCUT2D eigenvalue weighted by Crippen LogP contribution is 2.31. The van der Waals surface area contributed by atoms with E-state index in [0.717, 1.165) is 50.5 Å². The lowest BCUT2D eigenvalue weighted by Gasteiger charge is -2.25. The van der Waals surface area contributed by atoms with Crippen molar-refractivity contribution < 1.29 is 0 Å². The van der Waals surface area contributed by atoms with Gasteiger partial charge in [0.2, 0.25) is 0 Å². The predicted octanol–water partition coefficient (Wildman–Crippen LogP) is 3.35. The van der Waals surface area contributed by atoms with E-state index in [-0.39, 0.29) is 5.69 Å². The molecular formula is C18H31N3OS. The Labute approximate surface area is 144 Å². The first kappa shape index (κ1) is 18.5. The van der Waals surface area contributed by atoms with E-state index in [1.165, 1.54) is 24.1 Å². The van der Waals surface area contributed by atoms with Crippen LogP contribution in [-0.4, -0.2) is 39.3 Å². The fourth-order valence-corrected chi connectivity index (χ4v) is 4.17. The second kappa shape index (κ2) is 8.88. The van der Waals surface area contributed by atoms with E-state index in [1.54, 1.807) is 11.8 Å². The van der Waals surface area contributed by atoms with Crippen molar-refractivity contribution in [2.75, 3.05) is 19.6 Å². The predicted molar refractivity (Wildman–Crippen MR) is 98.5 cm³/mol. The highest BCUT2D eigenvalue weighted by Gasteiger charge is 2.21. The minimum absolute atomic E-state index is 0.0522. The van der Waals surface area contributed by atoms with Gasteiger partial charge in [-0.3, -0.25) is 4.57 Å². The van der Waals surface area contributed by atoms with Gasteiger partial charge in [0.05, 0.1) is 0 Å². The van der Waals surface area contributed by atoms with Gasteiger partial charge in [0, 0.05) is 29.6 Å².